The molecule has 2 aromatic carbocycles. The van der Waals surface area contributed by atoms with Gasteiger partial charge in [0.15, 0.2) is 0 Å². The Bertz CT molecular complexity index is 594. The van der Waals surface area contributed by atoms with E-state index >= 15 is 0 Å². The average Bonchev–Trinajstić information content (AvgIpc) is 2.41. The zero-order valence-electron chi connectivity index (χ0n) is 11.4. The van der Waals surface area contributed by atoms with Crippen LogP contribution in [-0.2, 0) is 4.79 Å². The van der Waals surface area contributed by atoms with Gasteiger partial charge in [0.1, 0.15) is 11.5 Å². The molecule has 4 nitrogen and oxygen atoms in total. The van der Waals surface area contributed by atoms with E-state index in [2.05, 4.69) is 0 Å². The van der Waals surface area contributed by atoms with E-state index in [0.29, 0.717) is 5.75 Å². The number of rotatable bonds is 5. The third-order valence-corrected chi connectivity index (χ3v) is 2.96. The second-order valence-corrected chi connectivity index (χ2v) is 4.76. The van der Waals surface area contributed by atoms with Crippen LogP contribution in [0.5, 0.6) is 11.5 Å². The van der Waals surface area contributed by atoms with Gasteiger partial charge in [-0.1, -0.05) is 29.8 Å². The number of hydrogen-bond donors (Lipinski definition) is 2. The molecular weight excluding hydrogens is 252 g/mol. The highest BCUT2D eigenvalue weighted by Gasteiger charge is 2.10. The first-order valence-corrected chi connectivity index (χ1v) is 6.43. The van der Waals surface area contributed by atoms with Crippen LogP contribution in [0.25, 0.3) is 0 Å². The van der Waals surface area contributed by atoms with Crippen LogP contribution in [0.15, 0.2) is 48.5 Å². The molecule has 2 rings (SSSR count). The zero-order chi connectivity index (χ0) is 14.5. The molecule has 0 saturated heterocycles. The number of benzene rings is 2. The highest BCUT2D eigenvalue weighted by atomic mass is 16.5. The first kappa shape index (κ1) is 14.1. The molecule has 0 radical (unpaired) electrons. The van der Waals surface area contributed by atoms with E-state index < -0.39 is 11.9 Å². The maximum Gasteiger partial charge on any atom is 0.219 e. The lowest BCUT2D eigenvalue weighted by atomic mass is 10.0. The minimum absolute atomic E-state index is 0.119. The van der Waals surface area contributed by atoms with Crippen molar-refractivity contribution in [2.75, 3.05) is 0 Å². The van der Waals surface area contributed by atoms with E-state index in [0.717, 1.165) is 11.3 Å². The molecule has 1 atom stereocenters. The maximum atomic E-state index is 10.9. The zero-order valence-corrected chi connectivity index (χ0v) is 11.4. The minimum Gasteiger partial charge on any atom is -0.457 e. The second-order valence-electron chi connectivity index (χ2n) is 4.76. The fourth-order valence-electron chi connectivity index (χ4n) is 1.89. The summed E-state index contributed by atoms with van der Waals surface area (Å²) < 4.78 is 5.76. The van der Waals surface area contributed by atoms with Gasteiger partial charge in [-0.05, 0) is 36.8 Å². The Hall–Kier alpha value is -2.33. The predicted octanol–water partition coefficient (Wildman–Crippen LogP) is 2.66. The van der Waals surface area contributed by atoms with Crippen molar-refractivity contribution in [1.82, 2.24) is 0 Å². The minimum atomic E-state index is -0.414. The molecule has 0 spiro atoms. The van der Waals surface area contributed by atoms with Crippen LogP contribution in [0.2, 0.25) is 0 Å². The quantitative estimate of drug-likeness (QED) is 0.876. The highest BCUT2D eigenvalue weighted by molar-refractivity contribution is 5.74. The van der Waals surface area contributed by atoms with Gasteiger partial charge in [0.05, 0.1) is 0 Å². The Balaban J connectivity index is 2.13. The summed E-state index contributed by atoms with van der Waals surface area (Å²) in [4.78, 5) is 10.9. The van der Waals surface area contributed by atoms with Crippen molar-refractivity contribution in [2.45, 2.75) is 19.4 Å². The molecule has 0 fully saturated rings. The lowest BCUT2D eigenvalue weighted by Crippen LogP contribution is -2.20. The molecule has 1 amide bonds. The van der Waals surface area contributed by atoms with Crippen LogP contribution in [-0.4, -0.2) is 5.91 Å². The Kier molecular flexibility index (Phi) is 4.38. The van der Waals surface area contributed by atoms with Crippen molar-refractivity contribution in [1.29, 1.82) is 0 Å². The molecule has 2 aromatic rings. The van der Waals surface area contributed by atoms with Crippen molar-refractivity contribution >= 4 is 5.91 Å². The third kappa shape index (κ3) is 3.83. The average molecular weight is 270 g/mol. The number of ether oxygens (including phenoxy) is 1. The normalized spacial score (nSPS) is 11.9. The largest absolute Gasteiger partial charge is 0.457 e. The lowest BCUT2D eigenvalue weighted by Gasteiger charge is -2.12. The Morgan fingerprint density at radius 3 is 2.50 bits per heavy atom. The van der Waals surface area contributed by atoms with Gasteiger partial charge < -0.3 is 16.2 Å². The number of carbonyl (C=O) groups is 1. The fraction of sp³-hybridized carbons (Fsp3) is 0.188. The summed E-state index contributed by atoms with van der Waals surface area (Å²) in [6, 6.07) is 14.8. The molecule has 4 N–H and O–H groups in total. The molecule has 0 aliphatic carbocycles. The van der Waals surface area contributed by atoms with Gasteiger partial charge in [0.25, 0.3) is 0 Å². The van der Waals surface area contributed by atoms with Gasteiger partial charge in [-0.2, -0.15) is 0 Å². The number of amides is 1. The van der Waals surface area contributed by atoms with Gasteiger partial charge in [-0.3, -0.25) is 4.79 Å². The molecule has 104 valence electrons. The van der Waals surface area contributed by atoms with Crippen molar-refractivity contribution in [3.8, 4) is 11.5 Å². The van der Waals surface area contributed by atoms with Gasteiger partial charge in [-0.25, -0.2) is 0 Å². The smallest absolute Gasteiger partial charge is 0.219 e. The van der Waals surface area contributed by atoms with Crippen LogP contribution in [0.3, 0.4) is 0 Å². The summed E-state index contributed by atoms with van der Waals surface area (Å²) in [5.41, 5.74) is 13.1. The Labute approximate surface area is 118 Å². The summed E-state index contributed by atoms with van der Waals surface area (Å²) >= 11 is 0. The van der Waals surface area contributed by atoms with Crippen LogP contribution in [0, 0.1) is 6.92 Å². The van der Waals surface area contributed by atoms with Crippen molar-refractivity contribution in [3.63, 3.8) is 0 Å². The van der Waals surface area contributed by atoms with E-state index in [1.165, 1.54) is 5.56 Å². The maximum absolute atomic E-state index is 10.9. The second kappa shape index (κ2) is 6.21. The molecule has 0 bridgehead atoms. The van der Waals surface area contributed by atoms with E-state index in [-0.39, 0.29) is 6.42 Å². The molecule has 0 saturated carbocycles. The van der Waals surface area contributed by atoms with Crippen molar-refractivity contribution in [3.05, 3.63) is 59.7 Å². The predicted molar refractivity (Wildman–Crippen MR) is 78.4 cm³/mol. The molecule has 0 aromatic heterocycles. The van der Waals surface area contributed by atoms with Crippen molar-refractivity contribution < 1.29 is 9.53 Å². The van der Waals surface area contributed by atoms with E-state index in [4.69, 9.17) is 16.2 Å². The number of nitrogens with two attached hydrogens (primary N) is 2. The molecule has 0 aliphatic heterocycles. The number of aryl methyl sites for hydroxylation is 1. The van der Waals surface area contributed by atoms with Gasteiger partial charge >= 0.3 is 0 Å². The number of hydrogen-bond acceptors (Lipinski definition) is 3. The van der Waals surface area contributed by atoms with E-state index in [9.17, 15) is 4.79 Å². The Morgan fingerprint density at radius 1 is 1.15 bits per heavy atom. The van der Waals surface area contributed by atoms with Crippen LogP contribution < -0.4 is 16.2 Å². The summed E-state index contributed by atoms with van der Waals surface area (Å²) in [6.45, 7) is 2.02. The van der Waals surface area contributed by atoms with Crippen molar-refractivity contribution in [2.24, 2.45) is 11.5 Å². The topological polar surface area (TPSA) is 78.3 Å². The van der Waals surface area contributed by atoms with Gasteiger partial charge in [0.2, 0.25) is 5.91 Å². The van der Waals surface area contributed by atoms with Gasteiger partial charge in [0, 0.05) is 12.5 Å². The number of primary amides is 1. The molecule has 20 heavy (non-hydrogen) atoms. The van der Waals surface area contributed by atoms with E-state index in [1.807, 2.05) is 55.5 Å². The van der Waals surface area contributed by atoms with Crippen LogP contribution in [0.4, 0.5) is 0 Å². The first-order valence-electron chi connectivity index (χ1n) is 6.43. The lowest BCUT2D eigenvalue weighted by molar-refractivity contribution is -0.118. The Morgan fingerprint density at radius 2 is 1.85 bits per heavy atom. The van der Waals surface area contributed by atoms with Crippen LogP contribution in [0.1, 0.15) is 23.6 Å². The van der Waals surface area contributed by atoms with Crippen LogP contribution >= 0.6 is 0 Å². The molecule has 1 unspecified atom stereocenters. The monoisotopic (exact) mass is 270 g/mol. The summed E-state index contributed by atoms with van der Waals surface area (Å²) in [5.74, 6) is 1.03. The summed E-state index contributed by atoms with van der Waals surface area (Å²) in [7, 11) is 0. The standard InChI is InChI=1S/C16H18N2O2/c1-11-5-7-13(8-6-11)20-14-4-2-3-12(9-14)15(17)10-16(18)19/h2-9,15H,10,17H2,1H3,(H2,18,19). The fourth-order valence-corrected chi connectivity index (χ4v) is 1.89. The summed E-state index contributed by atoms with van der Waals surface area (Å²) in [5, 5.41) is 0. The SMILES string of the molecule is Cc1ccc(Oc2cccc(C(N)CC(N)=O)c2)cc1. The molecule has 0 aliphatic rings. The number of carbonyl (C=O) groups excluding carboxylic acids is 1. The molecule has 4 heteroatoms. The summed E-state index contributed by atoms with van der Waals surface area (Å²) in [6.07, 6.45) is 0.119. The van der Waals surface area contributed by atoms with E-state index in [1.54, 1.807) is 0 Å². The first-order chi connectivity index (χ1) is 9.54. The molecule has 0 heterocycles. The molecular formula is C16H18N2O2. The highest BCUT2D eigenvalue weighted by Crippen LogP contribution is 2.25. The van der Waals surface area contributed by atoms with Gasteiger partial charge in [-0.15, -0.1) is 0 Å². The third-order valence-electron chi connectivity index (χ3n) is 2.96.